The van der Waals surface area contributed by atoms with Gasteiger partial charge in [-0.1, -0.05) is 13.8 Å². The average molecular weight is 407 g/mol. The first-order chi connectivity index (χ1) is 12.3. The van der Waals surface area contributed by atoms with Crippen molar-refractivity contribution in [3.8, 4) is 0 Å². The maximum absolute atomic E-state index is 13.4. The highest BCUT2D eigenvalue weighted by atomic mass is 19.4. The molecule has 1 heterocycles. The van der Waals surface area contributed by atoms with Crippen LogP contribution < -0.4 is 16.6 Å². The van der Waals surface area contributed by atoms with E-state index in [0.29, 0.717) is 12.5 Å². The molecular formula is C15H20F7N3O2. The van der Waals surface area contributed by atoms with Crippen molar-refractivity contribution in [1.82, 2.24) is 10.3 Å². The molecule has 27 heavy (non-hydrogen) atoms. The quantitative estimate of drug-likeness (QED) is 0.633. The number of hydrogen-bond donors (Lipinski definition) is 3. The number of hydrogen-bond acceptors (Lipinski definition) is 3. The molecule has 0 spiro atoms. The minimum atomic E-state index is -6.52. The molecule has 5 nitrogen and oxygen atoms in total. The Morgan fingerprint density at radius 1 is 1.07 bits per heavy atom. The number of alkyl halides is 7. The van der Waals surface area contributed by atoms with Crippen LogP contribution in [0.3, 0.4) is 0 Å². The third-order valence-corrected chi connectivity index (χ3v) is 3.07. The van der Waals surface area contributed by atoms with Crippen molar-refractivity contribution in [2.24, 2.45) is 5.73 Å². The fourth-order valence-electron chi connectivity index (χ4n) is 1.52. The van der Waals surface area contributed by atoms with Crippen LogP contribution in [0, 0.1) is 0 Å². The SMILES string of the molecule is CCCN.CCCNC(=O)c1ccc(C(F)(F)C(F)(F)C(F)(F)F)[nH]c1=O. The smallest absolute Gasteiger partial charge is 0.352 e. The zero-order valence-electron chi connectivity index (χ0n) is 14.5. The third kappa shape index (κ3) is 5.94. The van der Waals surface area contributed by atoms with Crippen molar-refractivity contribution in [3.05, 3.63) is 33.7 Å². The van der Waals surface area contributed by atoms with Crippen LogP contribution in [0.5, 0.6) is 0 Å². The van der Waals surface area contributed by atoms with E-state index in [1.807, 2.05) is 0 Å². The lowest BCUT2D eigenvalue weighted by atomic mass is 10.1. The van der Waals surface area contributed by atoms with Crippen LogP contribution in [-0.2, 0) is 5.92 Å². The molecule has 0 saturated carbocycles. The van der Waals surface area contributed by atoms with E-state index < -0.39 is 40.7 Å². The van der Waals surface area contributed by atoms with Gasteiger partial charge in [0.2, 0.25) is 0 Å². The number of aromatic amines is 1. The summed E-state index contributed by atoms with van der Waals surface area (Å²) in [5, 5.41) is 2.23. The average Bonchev–Trinajstić information content (AvgIpc) is 2.58. The molecule has 1 aromatic heterocycles. The maximum Gasteiger partial charge on any atom is 0.460 e. The maximum atomic E-state index is 13.4. The van der Waals surface area contributed by atoms with E-state index in [1.54, 1.807) is 6.92 Å². The summed E-state index contributed by atoms with van der Waals surface area (Å²) in [6.45, 7) is 4.72. The fraction of sp³-hybridized carbons (Fsp3) is 0.600. The molecule has 4 N–H and O–H groups in total. The number of amides is 1. The van der Waals surface area contributed by atoms with E-state index in [0.717, 1.165) is 13.0 Å². The van der Waals surface area contributed by atoms with Gasteiger partial charge in [0.25, 0.3) is 11.5 Å². The van der Waals surface area contributed by atoms with Crippen molar-refractivity contribution in [2.45, 2.75) is 44.7 Å². The number of nitrogens with two attached hydrogens (primary N) is 1. The largest absolute Gasteiger partial charge is 0.460 e. The summed E-state index contributed by atoms with van der Waals surface area (Å²) in [6.07, 6.45) is -4.93. The Morgan fingerprint density at radius 3 is 1.96 bits per heavy atom. The number of nitrogens with one attached hydrogen (secondary N) is 2. The number of H-pyrrole nitrogens is 1. The normalized spacial score (nSPS) is 12.2. The van der Waals surface area contributed by atoms with Crippen LogP contribution in [0.15, 0.2) is 16.9 Å². The Labute approximate surface area is 150 Å². The van der Waals surface area contributed by atoms with E-state index in [1.165, 1.54) is 4.98 Å². The van der Waals surface area contributed by atoms with Crippen LogP contribution >= 0.6 is 0 Å². The molecule has 1 aromatic rings. The summed E-state index contributed by atoms with van der Waals surface area (Å²) in [5.74, 6) is -13.1. The Morgan fingerprint density at radius 2 is 1.59 bits per heavy atom. The molecule has 0 aliphatic carbocycles. The van der Waals surface area contributed by atoms with Gasteiger partial charge in [-0.3, -0.25) is 9.59 Å². The monoisotopic (exact) mass is 407 g/mol. The van der Waals surface area contributed by atoms with E-state index in [2.05, 4.69) is 12.2 Å². The zero-order chi connectivity index (χ0) is 21.5. The molecule has 0 unspecified atom stereocenters. The van der Waals surface area contributed by atoms with Crippen LogP contribution in [0.25, 0.3) is 0 Å². The van der Waals surface area contributed by atoms with Gasteiger partial charge in [-0.25, -0.2) is 0 Å². The molecule has 1 rings (SSSR count). The van der Waals surface area contributed by atoms with Crippen molar-refractivity contribution in [3.63, 3.8) is 0 Å². The number of pyridine rings is 1. The topological polar surface area (TPSA) is 88.0 Å². The highest BCUT2D eigenvalue weighted by Gasteiger charge is 2.74. The van der Waals surface area contributed by atoms with Gasteiger partial charge in [0.05, 0.1) is 5.69 Å². The van der Waals surface area contributed by atoms with Crippen molar-refractivity contribution < 1.29 is 35.5 Å². The molecule has 1 amide bonds. The van der Waals surface area contributed by atoms with E-state index >= 15 is 0 Å². The van der Waals surface area contributed by atoms with Gasteiger partial charge < -0.3 is 16.0 Å². The number of halogens is 7. The molecule has 0 radical (unpaired) electrons. The fourth-order valence-corrected chi connectivity index (χ4v) is 1.52. The summed E-state index contributed by atoms with van der Waals surface area (Å²) < 4.78 is 88.8. The predicted octanol–water partition coefficient (Wildman–Crippen LogP) is 3.16. The molecular weight excluding hydrogens is 387 g/mol. The Balaban J connectivity index is 0.00000153. The summed E-state index contributed by atoms with van der Waals surface area (Å²) in [7, 11) is 0. The summed E-state index contributed by atoms with van der Waals surface area (Å²) in [4.78, 5) is 24.2. The highest BCUT2D eigenvalue weighted by Crippen LogP contribution is 2.50. The predicted molar refractivity (Wildman–Crippen MR) is 83.9 cm³/mol. The van der Waals surface area contributed by atoms with Crippen LogP contribution in [0.1, 0.15) is 42.7 Å². The first-order valence-corrected chi connectivity index (χ1v) is 7.82. The molecule has 156 valence electrons. The summed E-state index contributed by atoms with van der Waals surface area (Å²) in [6, 6.07) is 0.599. The lowest BCUT2D eigenvalue weighted by Crippen LogP contribution is -2.50. The van der Waals surface area contributed by atoms with Crippen LogP contribution in [0.2, 0.25) is 0 Å². The number of rotatable bonds is 6. The second kappa shape index (κ2) is 9.72. The lowest BCUT2D eigenvalue weighted by molar-refractivity contribution is -0.360. The molecule has 0 fully saturated rings. The highest BCUT2D eigenvalue weighted by molar-refractivity contribution is 5.93. The molecule has 0 aliphatic heterocycles. The second-order valence-corrected chi connectivity index (χ2v) is 5.31. The molecule has 12 heteroatoms. The van der Waals surface area contributed by atoms with Gasteiger partial charge in [0.1, 0.15) is 5.56 Å². The molecule has 0 aliphatic rings. The third-order valence-electron chi connectivity index (χ3n) is 3.07. The second-order valence-electron chi connectivity index (χ2n) is 5.31. The Bertz CT molecular complexity index is 670. The lowest BCUT2D eigenvalue weighted by Gasteiger charge is -2.27. The van der Waals surface area contributed by atoms with Gasteiger partial charge in [-0.15, -0.1) is 0 Å². The Kier molecular flexibility index (Phi) is 8.96. The summed E-state index contributed by atoms with van der Waals surface area (Å²) in [5.41, 5.74) is 0.888. The van der Waals surface area contributed by atoms with Crippen molar-refractivity contribution in [2.75, 3.05) is 13.1 Å². The zero-order valence-corrected chi connectivity index (χ0v) is 14.5. The molecule has 0 bridgehead atoms. The van der Waals surface area contributed by atoms with Gasteiger partial charge >= 0.3 is 18.0 Å². The minimum absolute atomic E-state index is 0.141. The molecule has 0 atom stereocenters. The molecule has 0 saturated heterocycles. The van der Waals surface area contributed by atoms with E-state index in [-0.39, 0.29) is 12.6 Å². The first kappa shape index (κ1) is 24.9. The van der Waals surface area contributed by atoms with Gasteiger partial charge in [0.15, 0.2) is 0 Å². The van der Waals surface area contributed by atoms with E-state index in [4.69, 9.17) is 5.73 Å². The number of aromatic nitrogens is 1. The van der Waals surface area contributed by atoms with Crippen LogP contribution in [0.4, 0.5) is 30.7 Å². The van der Waals surface area contributed by atoms with Gasteiger partial charge in [-0.2, -0.15) is 30.7 Å². The van der Waals surface area contributed by atoms with Gasteiger partial charge in [-0.05, 0) is 31.5 Å². The number of carbonyl (C=O) groups excluding carboxylic acids is 1. The van der Waals surface area contributed by atoms with E-state index in [9.17, 15) is 40.3 Å². The first-order valence-electron chi connectivity index (χ1n) is 7.82. The minimum Gasteiger partial charge on any atom is -0.352 e. The Hall–Kier alpha value is -2.11. The summed E-state index contributed by atoms with van der Waals surface area (Å²) >= 11 is 0. The number of carbonyl (C=O) groups is 1. The van der Waals surface area contributed by atoms with Crippen molar-refractivity contribution >= 4 is 5.91 Å². The standard InChI is InChI=1S/C12H11F7N2O2.C3H9N/c1-2-5-20-8(22)6-3-4-7(21-9(6)23)10(13,14)11(15,16)12(17,18)19;1-2-3-4/h3-4H,2,5H2,1H3,(H,20,22)(H,21,23);2-4H2,1H3. The molecule has 0 aromatic carbocycles. The van der Waals surface area contributed by atoms with Gasteiger partial charge in [0, 0.05) is 6.54 Å². The van der Waals surface area contributed by atoms with Crippen LogP contribution in [-0.4, -0.2) is 36.1 Å². The van der Waals surface area contributed by atoms with Crippen molar-refractivity contribution in [1.29, 1.82) is 0 Å².